The van der Waals surface area contributed by atoms with E-state index in [2.05, 4.69) is 42.1 Å². The fourth-order valence-corrected chi connectivity index (χ4v) is 2.48. The van der Waals surface area contributed by atoms with Gasteiger partial charge < -0.3 is 5.32 Å². The lowest BCUT2D eigenvalue weighted by Gasteiger charge is -2.14. The summed E-state index contributed by atoms with van der Waals surface area (Å²) >= 11 is 4.80. The molecule has 1 aromatic heterocycles. The maximum Gasteiger partial charge on any atom is 0.0915 e. The van der Waals surface area contributed by atoms with Crippen molar-refractivity contribution in [2.24, 2.45) is 0 Å². The van der Waals surface area contributed by atoms with E-state index in [9.17, 15) is 0 Å². The van der Waals surface area contributed by atoms with E-state index in [1.165, 1.54) is 17.3 Å². The third-order valence-electron chi connectivity index (χ3n) is 2.47. The minimum atomic E-state index is 0.220. The van der Waals surface area contributed by atoms with Gasteiger partial charge in [0.05, 0.1) is 29.7 Å². The molecule has 1 heterocycles. The van der Waals surface area contributed by atoms with E-state index in [-0.39, 0.29) is 6.04 Å². The molecule has 1 atom stereocenters. The molecular weight excluding hydrogens is 286 g/mol. The molecule has 1 aromatic carbocycles. The van der Waals surface area contributed by atoms with Gasteiger partial charge in [-0.05, 0) is 25.1 Å². The van der Waals surface area contributed by atoms with Gasteiger partial charge in [0, 0.05) is 4.47 Å². The molecule has 5 heteroatoms. The maximum absolute atomic E-state index is 4.27. The molecule has 0 saturated heterocycles. The van der Waals surface area contributed by atoms with Gasteiger partial charge >= 0.3 is 0 Å². The normalized spacial score (nSPS) is 12.6. The highest BCUT2D eigenvalue weighted by molar-refractivity contribution is 9.10. The number of likely N-dealkylation sites (N-methyl/N-ethyl adjacent to an activating group) is 1. The largest absolute Gasteiger partial charge is 0.311 e. The lowest BCUT2D eigenvalue weighted by atomic mass is 10.0. The van der Waals surface area contributed by atoms with Crippen molar-refractivity contribution in [3.05, 3.63) is 46.2 Å². The van der Waals surface area contributed by atoms with Crippen LogP contribution in [0.3, 0.4) is 0 Å². The van der Waals surface area contributed by atoms with Gasteiger partial charge in [-0.15, -0.1) is 0 Å². The van der Waals surface area contributed by atoms with Gasteiger partial charge in [0.15, 0.2) is 0 Å². The van der Waals surface area contributed by atoms with Gasteiger partial charge in [-0.25, -0.2) is 0 Å². The van der Waals surface area contributed by atoms with Crippen molar-refractivity contribution in [2.45, 2.75) is 12.5 Å². The zero-order valence-electron chi connectivity index (χ0n) is 8.85. The van der Waals surface area contributed by atoms with E-state index in [1.807, 2.05) is 25.4 Å². The first-order valence-corrected chi connectivity index (χ1v) is 6.51. The van der Waals surface area contributed by atoms with Gasteiger partial charge in [0.25, 0.3) is 0 Å². The standard InChI is InChI=1S/C11H12BrN3S/c1-13-10(11-7-14-16-15-11)6-8-4-2-3-5-9(8)12/h2-5,7,10,13H,6H2,1H3. The summed E-state index contributed by atoms with van der Waals surface area (Å²) in [6.07, 6.45) is 2.73. The number of nitrogens with one attached hydrogen (secondary N) is 1. The maximum atomic E-state index is 4.27. The SMILES string of the molecule is CNC(Cc1ccccc1Br)c1cnsn1. The number of hydrogen-bond acceptors (Lipinski definition) is 4. The zero-order chi connectivity index (χ0) is 11.4. The van der Waals surface area contributed by atoms with Crippen molar-refractivity contribution in [2.75, 3.05) is 7.05 Å². The van der Waals surface area contributed by atoms with Crippen LogP contribution in [-0.4, -0.2) is 15.8 Å². The van der Waals surface area contributed by atoms with E-state index in [4.69, 9.17) is 0 Å². The van der Waals surface area contributed by atoms with Gasteiger partial charge in [-0.2, -0.15) is 8.75 Å². The highest BCUT2D eigenvalue weighted by Crippen LogP contribution is 2.22. The average Bonchev–Trinajstić information content (AvgIpc) is 2.81. The van der Waals surface area contributed by atoms with Crippen molar-refractivity contribution >= 4 is 27.7 Å². The molecule has 84 valence electrons. The molecule has 0 spiro atoms. The Labute approximate surface area is 107 Å². The summed E-state index contributed by atoms with van der Waals surface area (Å²) in [5.74, 6) is 0. The van der Waals surface area contributed by atoms with Crippen LogP contribution in [0.25, 0.3) is 0 Å². The third-order valence-corrected chi connectivity index (χ3v) is 3.73. The summed E-state index contributed by atoms with van der Waals surface area (Å²) < 4.78 is 9.44. The van der Waals surface area contributed by atoms with Crippen molar-refractivity contribution < 1.29 is 0 Å². The molecular formula is C11H12BrN3S. The van der Waals surface area contributed by atoms with E-state index < -0.39 is 0 Å². The number of hydrogen-bond donors (Lipinski definition) is 1. The van der Waals surface area contributed by atoms with Gasteiger partial charge in [0.1, 0.15) is 0 Å². The van der Waals surface area contributed by atoms with Crippen molar-refractivity contribution in [1.29, 1.82) is 0 Å². The summed E-state index contributed by atoms with van der Waals surface area (Å²) in [6.45, 7) is 0. The summed E-state index contributed by atoms with van der Waals surface area (Å²) in [4.78, 5) is 0. The van der Waals surface area contributed by atoms with Crippen LogP contribution < -0.4 is 5.32 Å². The van der Waals surface area contributed by atoms with Crippen LogP contribution in [-0.2, 0) is 6.42 Å². The minimum Gasteiger partial charge on any atom is -0.311 e. The third kappa shape index (κ3) is 2.66. The van der Waals surface area contributed by atoms with Crippen LogP contribution >= 0.6 is 27.7 Å². The summed E-state index contributed by atoms with van der Waals surface area (Å²) in [6, 6.07) is 8.46. The lowest BCUT2D eigenvalue weighted by molar-refractivity contribution is 0.579. The first kappa shape index (κ1) is 11.7. The molecule has 1 unspecified atom stereocenters. The molecule has 0 aliphatic carbocycles. The first-order chi connectivity index (χ1) is 7.81. The summed E-state index contributed by atoms with van der Waals surface area (Å²) in [7, 11) is 1.95. The predicted octanol–water partition coefficient (Wildman–Crippen LogP) is 2.80. The Morgan fingerprint density at radius 1 is 1.44 bits per heavy atom. The molecule has 0 amide bonds. The Bertz CT molecular complexity index is 444. The Hall–Kier alpha value is -0.780. The Balaban J connectivity index is 2.17. The molecule has 1 N–H and O–H groups in total. The molecule has 0 radical (unpaired) electrons. The van der Waals surface area contributed by atoms with Crippen LogP contribution in [0.4, 0.5) is 0 Å². The van der Waals surface area contributed by atoms with E-state index in [0.717, 1.165) is 16.6 Å². The highest BCUT2D eigenvalue weighted by atomic mass is 79.9. The van der Waals surface area contributed by atoms with Crippen molar-refractivity contribution in [3.8, 4) is 0 Å². The van der Waals surface area contributed by atoms with E-state index >= 15 is 0 Å². The molecule has 0 aliphatic heterocycles. The molecule has 0 fully saturated rings. The molecule has 0 aliphatic rings. The number of aromatic nitrogens is 2. The van der Waals surface area contributed by atoms with Crippen LogP contribution in [0, 0.1) is 0 Å². The quantitative estimate of drug-likeness (QED) is 0.943. The molecule has 2 rings (SSSR count). The van der Waals surface area contributed by atoms with E-state index in [1.54, 1.807) is 0 Å². The second kappa shape index (κ2) is 5.52. The van der Waals surface area contributed by atoms with E-state index in [0.29, 0.717) is 0 Å². The Kier molecular flexibility index (Phi) is 4.04. The second-order valence-electron chi connectivity index (χ2n) is 3.47. The fourth-order valence-electron chi connectivity index (χ4n) is 1.56. The second-order valence-corrected chi connectivity index (χ2v) is 4.88. The highest BCUT2D eigenvalue weighted by Gasteiger charge is 2.13. The first-order valence-electron chi connectivity index (χ1n) is 4.99. The number of benzene rings is 1. The molecule has 0 bridgehead atoms. The Morgan fingerprint density at radius 3 is 2.88 bits per heavy atom. The number of halogens is 1. The minimum absolute atomic E-state index is 0.220. The average molecular weight is 298 g/mol. The van der Waals surface area contributed by atoms with Gasteiger partial charge in [-0.3, -0.25) is 0 Å². The van der Waals surface area contributed by atoms with Crippen LogP contribution in [0.15, 0.2) is 34.9 Å². The summed E-state index contributed by atoms with van der Waals surface area (Å²) in [5.41, 5.74) is 2.28. The summed E-state index contributed by atoms with van der Waals surface area (Å²) in [5, 5.41) is 3.26. The van der Waals surface area contributed by atoms with Crippen molar-refractivity contribution in [3.63, 3.8) is 0 Å². The number of nitrogens with zero attached hydrogens (tertiary/aromatic N) is 2. The Morgan fingerprint density at radius 2 is 2.25 bits per heavy atom. The van der Waals surface area contributed by atoms with Gasteiger partial charge in [0.2, 0.25) is 0 Å². The topological polar surface area (TPSA) is 37.8 Å². The fraction of sp³-hybridized carbons (Fsp3) is 0.273. The zero-order valence-corrected chi connectivity index (χ0v) is 11.3. The monoisotopic (exact) mass is 297 g/mol. The molecule has 2 aromatic rings. The lowest BCUT2D eigenvalue weighted by Crippen LogP contribution is -2.19. The molecule has 0 saturated carbocycles. The molecule has 3 nitrogen and oxygen atoms in total. The van der Waals surface area contributed by atoms with Crippen molar-refractivity contribution in [1.82, 2.24) is 14.1 Å². The predicted molar refractivity (Wildman–Crippen MR) is 69.6 cm³/mol. The van der Waals surface area contributed by atoms with Crippen LogP contribution in [0.2, 0.25) is 0 Å². The van der Waals surface area contributed by atoms with Gasteiger partial charge in [-0.1, -0.05) is 34.1 Å². The molecule has 16 heavy (non-hydrogen) atoms. The number of rotatable bonds is 4. The smallest absolute Gasteiger partial charge is 0.0915 e. The van der Waals surface area contributed by atoms with Crippen LogP contribution in [0.5, 0.6) is 0 Å². The van der Waals surface area contributed by atoms with Crippen LogP contribution in [0.1, 0.15) is 17.3 Å².